The molecule has 0 saturated carbocycles. The van der Waals surface area contributed by atoms with E-state index in [0.29, 0.717) is 21.7 Å². The van der Waals surface area contributed by atoms with E-state index in [1.54, 1.807) is 24.9 Å². The van der Waals surface area contributed by atoms with Crippen LogP contribution >= 0.6 is 11.3 Å². The number of halogens is 2. The van der Waals surface area contributed by atoms with Crippen molar-refractivity contribution >= 4 is 21.2 Å². The number of thiophene rings is 1. The first kappa shape index (κ1) is 16.5. The van der Waals surface area contributed by atoms with Gasteiger partial charge in [0.2, 0.25) is 0 Å². The number of fused-ring (bicyclic) bond motifs is 1. The molecule has 0 fully saturated rings. The Labute approximate surface area is 136 Å². The largest absolute Gasteiger partial charge is 0.382 e. The minimum absolute atomic E-state index is 0.0229. The minimum atomic E-state index is -3.72. The van der Waals surface area contributed by atoms with Crippen LogP contribution in [0.3, 0.4) is 0 Å². The first-order valence-corrected chi connectivity index (χ1v) is 9.65. The Balaban J connectivity index is 2.32. The van der Waals surface area contributed by atoms with Crippen molar-refractivity contribution in [3.05, 3.63) is 23.0 Å². The Morgan fingerprint density at radius 2 is 2.13 bits per heavy atom. The van der Waals surface area contributed by atoms with Crippen molar-refractivity contribution in [1.82, 2.24) is 9.78 Å². The Hall–Kier alpha value is -1.32. The average molecular weight is 362 g/mol. The minimum Gasteiger partial charge on any atom is -0.382 e. The smallest absolute Gasteiger partial charge is 0.277 e. The summed E-state index contributed by atoms with van der Waals surface area (Å²) in [6.07, 6.45) is 0.117. The van der Waals surface area contributed by atoms with Gasteiger partial charge in [-0.25, -0.2) is 17.2 Å². The fourth-order valence-electron chi connectivity index (χ4n) is 2.93. The molecular weight excluding hydrogens is 346 g/mol. The lowest BCUT2D eigenvalue weighted by molar-refractivity contribution is -0.122. The van der Waals surface area contributed by atoms with E-state index in [1.807, 2.05) is 0 Å². The number of nitrogens with zero attached hydrogens (tertiary/aromatic N) is 2. The summed E-state index contributed by atoms with van der Waals surface area (Å²) in [5, 5.41) is 14.3. The van der Waals surface area contributed by atoms with Gasteiger partial charge < -0.3 is 5.11 Å². The molecule has 2 aromatic heterocycles. The molecule has 5 nitrogen and oxygen atoms in total. The van der Waals surface area contributed by atoms with Gasteiger partial charge in [-0.1, -0.05) is 0 Å². The Morgan fingerprint density at radius 1 is 1.48 bits per heavy atom. The first-order valence-electron chi connectivity index (χ1n) is 6.94. The van der Waals surface area contributed by atoms with E-state index in [9.17, 15) is 22.3 Å². The van der Waals surface area contributed by atoms with E-state index in [2.05, 4.69) is 5.10 Å². The summed E-state index contributed by atoms with van der Waals surface area (Å²) in [6.45, 7) is 1.77. The second kappa shape index (κ2) is 5.09. The Morgan fingerprint density at radius 3 is 2.65 bits per heavy atom. The highest BCUT2D eigenvalue weighted by atomic mass is 32.2. The van der Waals surface area contributed by atoms with E-state index >= 15 is 0 Å². The number of aliphatic hydroxyl groups is 1. The van der Waals surface area contributed by atoms with Crippen LogP contribution in [0.1, 0.15) is 29.3 Å². The average Bonchev–Trinajstić information content (AvgIpc) is 2.94. The zero-order chi connectivity index (χ0) is 17.2. The van der Waals surface area contributed by atoms with E-state index in [0.717, 1.165) is 17.6 Å². The molecule has 1 atom stereocenters. The van der Waals surface area contributed by atoms with Gasteiger partial charge in [-0.05, 0) is 18.9 Å². The van der Waals surface area contributed by atoms with Crippen LogP contribution in [0.5, 0.6) is 0 Å². The Bertz CT molecular complexity index is 884. The third-order valence-corrected chi connectivity index (χ3v) is 7.12. The van der Waals surface area contributed by atoms with Gasteiger partial charge in [0.25, 0.3) is 5.92 Å². The molecule has 2 heterocycles. The molecule has 0 aliphatic heterocycles. The molecule has 23 heavy (non-hydrogen) atoms. The predicted molar refractivity (Wildman–Crippen MR) is 82.6 cm³/mol. The quantitative estimate of drug-likeness (QED) is 0.891. The summed E-state index contributed by atoms with van der Waals surface area (Å²) in [5.74, 6) is -3.32. The van der Waals surface area contributed by atoms with Crippen molar-refractivity contribution in [2.45, 2.75) is 36.0 Å². The van der Waals surface area contributed by atoms with Gasteiger partial charge in [-0.2, -0.15) is 5.10 Å². The molecule has 2 aromatic rings. The second-order valence-electron chi connectivity index (χ2n) is 5.85. The molecule has 1 N–H and O–H groups in total. The van der Waals surface area contributed by atoms with Crippen LogP contribution in [-0.4, -0.2) is 35.5 Å². The zero-order valence-electron chi connectivity index (χ0n) is 12.8. The van der Waals surface area contributed by atoms with Crippen LogP contribution in [0, 0.1) is 6.92 Å². The molecule has 1 aliphatic carbocycles. The number of aryl methyl sites for hydroxylation is 2. The normalized spacial score (nSPS) is 20.5. The van der Waals surface area contributed by atoms with Crippen molar-refractivity contribution in [2.24, 2.45) is 7.05 Å². The summed E-state index contributed by atoms with van der Waals surface area (Å²) in [6, 6.07) is 0. The topological polar surface area (TPSA) is 72.2 Å². The van der Waals surface area contributed by atoms with Crippen LogP contribution in [0.2, 0.25) is 0 Å². The number of aromatic nitrogens is 2. The summed E-state index contributed by atoms with van der Waals surface area (Å²) in [7, 11) is -1.99. The molecule has 0 bridgehead atoms. The fourth-order valence-corrected chi connectivity index (χ4v) is 5.60. The third kappa shape index (κ3) is 2.60. The lowest BCUT2D eigenvalue weighted by atomic mass is 9.87. The molecule has 0 spiro atoms. The van der Waals surface area contributed by atoms with Crippen molar-refractivity contribution in [2.75, 3.05) is 6.26 Å². The van der Waals surface area contributed by atoms with Gasteiger partial charge >= 0.3 is 0 Å². The number of rotatable bonds is 2. The number of aliphatic hydroxyl groups excluding tert-OH is 1. The molecule has 0 saturated heterocycles. The molecule has 126 valence electrons. The van der Waals surface area contributed by atoms with Gasteiger partial charge in [0.15, 0.2) is 9.84 Å². The first-order chi connectivity index (χ1) is 10.5. The van der Waals surface area contributed by atoms with Gasteiger partial charge in [0, 0.05) is 41.9 Å². The Kier molecular flexibility index (Phi) is 3.66. The summed E-state index contributed by atoms with van der Waals surface area (Å²) in [5.41, 5.74) is 1.74. The number of alkyl halides is 2. The van der Waals surface area contributed by atoms with Gasteiger partial charge in [0.1, 0.15) is 10.3 Å². The van der Waals surface area contributed by atoms with Crippen LogP contribution in [0.25, 0.3) is 10.4 Å². The number of hydrogen-bond donors (Lipinski definition) is 1. The van der Waals surface area contributed by atoms with Crippen molar-refractivity contribution < 1.29 is 22.3 Å². The lowest BCUT2D eigenvalue weighted by Crippen LogP contribution is -2.32. The van der Waals surface area contributed by atoms with E-state index in [-0.39, 0.29) is 16.2 Å². The van der Waals surface area contributed by atoms with Gasteiger partial charge in [-0.15, -0.1) is 11.3 Å². The molecular formula is C14H16F2N2O3S2. The summed E-state index contributed by atoms with van der Waals surface area (Å²) in [4.78, 5) is 0.598. The maximum Gasteiger partial charge on any atom is 0.277 e. The highest BCUT2D eigenvalue weighted by Crippen LogP contribution is 2.51. The highest BCUT2D eigenvalue weighted by molar-refractivity contribution is 7.92. The fraction of sp³-hybridized carbons (Fsp3) is 0.500. The molecule has 1 aliphatic rings. The number of hydrogen-bond acceptors (Lipinski definition) is 5. The second-order valence-corrected chi connectivity index (χ2v) is 9.08. The number of sulfone groups is 1. The lowest BCUT2D eigenvalue weighted by Gasteiger charge is -2.28. The van der Waals surface area contributed by atoms with Gasteiger partial charge in [0.05, 0.1) is 5.69 Å². The van der Waals surface area contributed by atoms with E-state index < -0.39 is 28.3 Å². The van der Waals surface area contributed by atoms with Crippen molar-refractivity contribution in [3.8, 4) is 10.4 Å². The molecule has 0 amide bonds. The van der Waals surface area contributed by atoms with Crippen LogP contribution in [0.4, 0.5) is 8.78 Å². The molecule has 3 rings (SSSR count). The van der Waals surface area contributed by atoms with Crippen LogP contribution in [-0.2, 0) is 23.3 Å². The molecule has 0 radical (unpaired) electrons. The van der Waals surface area contributed by atoms with Crippen LogP contribution in [0.15, 0.2) is 10.4 Å². The van der Waals surface area contributed by atoms with Crippen molar-refractivity contribution in [3.63, 3.8) is 0 Å². The predicted octanol–water partition coefficient (Wildman–Crippen LogP) is 2.48. The maximum absolute atomic E-state index is 13.9. The van der Waals surface area contributed by atoms with Gasteiger partial charge in [-0.3, -0.25) is 4.68 Å². The standard InChI is InChI=1S/C14H16F2N2O3S2/c1-7-9(6-18(2)17-7)11-8-4-5-14(15,16)12(19)10(8)13(22-11)23(3,20)21/h6,12,19H,4-5H2,1-3H3/t12-/m0/s1. The third-order valence-electron chi connectivity index (χ3n) is 3.99. The monoisotopic (exact) mass is 362 g/mol. The SMILES string of the molecule is Cc1nn(C)cc1-c1sc(S(C)(=O)=O)c2c1CCC(F)(F)[C@H]2O. The highest BCUT2D eigenvalue weighted by Gasteiger charge is 2.47. The van der Waals surface area contributed by atoms with E-state index in [1.165, 1.54) is 0 Å². The maximum atomic E-state index is 13.9. The molecule has 0 unspecified atom stereocenters. The van der Waals surface area contributed by atoms with Crippen LogP contribution < -0.4 is 0 Å². The van der Waals surface area contributed by atoms with Crippen molar-refractivity contribution in [1.29, 1.82) is 0 Å². The molecule has 0 aromatic carbocycles. The van der Waals surface area contributed by atoms with E-state index in [4.69, 9.17) is 0 Å². The summed E-state index contributed by atoms with van der Waals surface area (Å²) < 4.78 is 53.2. The zero-order valence-corrected chi connectivity index (χ0v) is 14.4. The molecule has 9 heteroatoms. The summed E-state index contributed by atoms with van der Waals surface area (Å²) >= 11 is 0.933.